The van der Waals surface area contributed by atoms with Crippen LogP contribution in [0, 0.1) is 6.92 Å². The molecule has 2 N–H and O–H groups in total. The fraction of sp³-hybridized carbons (Fsp3) is 0.500. The van der Waals surface area contributed by atoms with Crippen LogP contribution in [-0.4, -0.2) is 82.9 Å². The van der Waals surface area contributed by atoms with Gasteiger partial charge in [-0.2, -0.15) is 9.30 Å². The highest BCUT2D eigenvalue weighted by atomic mass is 32.2. The molecule has 0 bridgehead atoms. The molecular weight excluding hydrogens is 502 g/mol. The molecular formula is C24H29N5O5S2. The van der Waals surface area contributed by atoms with Gasteiger partial charge in [0.05, 0.1) is 34.5 Å². The van der Waals surface area contributed by atoms with Gasteiger partial charge in [0, 0.05) is 19.5 Å². The largest absolute Gasteiger partial charge is 0.391 e. The van der Waals surface area contributed by atoms with Crippen molar-refractivity contribution < 1.29 is 23.1 Å². The number of thiazole rings is 1. The highest BCUT2D eigenvalue weighted by Crippen LogP contribution is 2.34. The molecule has 4 heterocycles. The van der Waals surface area contributed by atoms with Crippen LogP contribution in [0.1, 0.15) is 37.4 Å². The van der Waals surface area contributed by atoms with Crippen LogP contribution in [0.4, 0.5) is 0 Å². The summed E-state index contributed by atoms with van der Waals surface area (Å²) < 4.78 is 25.6. The summed E-state index contributed by atoms with van der Waals surface area (Å²) in [6.45, 7) is 4.06. The Kier molecular flexibility index (Phi) is 6.26. The predicted molar refractivity (Wildman–Crippen MR) is 136 cm³/mol. The summed E-state index contributed by atoms with van der Waals surface area (Å²) in [6.07, 6.45) is 1.55. The summed E-state index contributed by atoms with van der Waals surface area (Å²) in [5.41, 5.74) is 3.36. The molecule has 5 rings (SSSR count). The molecule has 0 saturated carbocycles. The van der Waals surface area contributed by atoms with E-state index in [1.54, 1.807) is 23.8 Å². The number of likely N-dealkylation sites (tertiary alicyclic amines) is 1. The van der Waals surface area contributed by atoms with Gasteiger partial charge in [-0.25, -0.2) is 13.4 Å². The molecule has 2 saturated heterocycles. The number of aliphatic imine (C=N–C) groups is 1. The van der Waals surface area contributed by atoms with Gasteiger partial charge in [0.2, 0.25) is 15.9 Å². The molecule has 36 heavy (non-hydrogen) atoms. The molecule has 2 aromatic rings. The van der Waals surface area contributed by atoms with Crippen LogP contribution >= 0.6 is 11.3 Å². The van der Waals surface area contributed by atoms with E-state index in [4.69, 9.17) is 0 Å². The van der Waals surface area contributed by atoms with Crippen LogP contribution in [0.15, 0.2) is 34.8 Å². The van der Waals surface area contributed by atoms with Gasteiger partial charge in [-0.1, -0.05) is 24.3 Å². The van der Waals surface area contributed by atoms with E-state index in [1.165, 1.54) is 9.21 Å². The molecule has 0 spiro atoms. The van der Waals surface area contributed by atoms with Gasteiger partial charge in [-0.15, -0.1) is 11.3 Å². The van der Waals surface area contributed by atoms with Crippen molar-refractivity contribution >= 4 is 39.0 Å². The van der Waals surface area contributed by atoms with Gasteiger partial charge in [0.25, 0.3) is 5.91 Å². The third kappa shape index (κ3) is 4.25. The number of β-amino-alcohol motifs (C(OH)–C–C–N with tert-alkyl or cyclic N) is 1. The highest BCUT2D eigenvalue weighted by Gasteiger charge is 2.49. The Morgan fingerprint density at radius 3 is 2.64 bits per heavy atom. The van der Waals surface area contributed by atoms with Crippen molar-refractivity contribution in [3.05, 3.63) is 41.0 Å². The number of nitrogens with zero attached hydrogens (tertiary/aromatic N) is 4. The fourth-order valence-corrected chi connectivity index (χ4v) is 7.27. The van der Waals surface area contributed by atoms with Crippen molar-refractivity contribution in [2.45, 2.75) is 56.8 Å². The van der Waals surface area contributed by atoms with Gasteiger partial charge < -0.3 is 15.3 Å². The van der Waals surface area contributed by atoms with E-state index in [1.807, 2.05) is 31.2 Å². The molecule has 192 valence electrons. The smallest absolute Gasteiger partial charge is 0.277 e. The minimum absolute atomic E-state index is 0.0616. The lowest BCUT2D eigenvalue weighted by Crippen LogP contribution is -2.54. The lowest BCUT2D eigenvalue weighted by atomic mass is 9.91. The molecule has 1 aromatic heterocycles. The van der Waals surface area contributed by atoms with E-state index in [-0.39, 0.29) is 24.8 Å². The number of aromatic nitrogens is 1. The van der Waals surface area contributed by atoms with Crippen molar-refractivity contribution in [1.82, 2.24) is 19.5 Å². The number of aliphatic hydroxyl groups is 1. The van der Waals surface area contributed by atoms with Crippen LogP contribution in [0.3, 0.4) is 0 Å². The standard InChI is InChI=1S/C24H29N5O5S2/c1-14-20(35-13-25-14)15-6-8-16(9-7-15)24(2)23(32)26-21(27-24)19-11-17(30)12-28(19)22(31)18-5-4-10-29(18)36(3,33)34/h6-9,13,17-19,30H,4-5,10-12H2,1-3H3,(H,26,27,32)/t17?,18-,19?,24?/m0/s1. The van der Waals surface area contributed by atoms with Gasteiger partial charge in [0.1, 0.15) is 17.4 Å². The zero-order chi connectivity index (χ0) is 25.8. The number of amidine groups is 1. The highest BCUT2D eigenvalue weighted by molar-refractivity contribution is 7.88. The number of nitrogens with one attached hydrogen (secondary N) is 1. The Labute approximate surface area is 214 Å². The molecule has 1 aromatic carbocycles. The third-order valence-corrected chi connectivity index (χ3v) is 9.56. The van der Waals surface area contributed by atoms with E-state index in [9.17, 15) is 23.1 Å². The zero-order valence-electron chi connectivity index (χ0n) is 20.3. The second-order valence-electron chi connectivity index (χ2n) is 9.82. The van der Waals surface area contributed by atoms with Gasteiger partial charge in [-0.05, 0) is 37.8 Å². The average Bonchev–Trinajstić information content (AvgIpc) is 3.60. The Bertz CT molecular complexity index is 1340. The van der Waals surface area contributed by atoms with Gasteiger partial charge >= 0.3 is 0 Å². The van der Waals surface area contributed by atoms with E-state index in [0.717, 1.165) is 28.0 Å². The maximum atomic E-state index is 13.4. The topological polar surface area (TPSA) is 132 Å². The summed E-state index contributed by atoms with van der Waals surface area (Å²) in [5.74, 6) is -0.431. The summed E-state index contributed by atoms with van der Waals surface area (Å²) in [6, 6.07) is 6.21. The maximum Gasteiger partial charge on any atom is 0.277 e. The number of aliphatic hydroxyl groups excluding tert-OH is 1. The Hall–Kier alpha value is -2.67. The minimum Gasteiger partial charge on any atom is -0.391 e. The number of benzene rings is 1. The first kappa shape index (κ1) is 25.0. The normalized spacial score (nSPS) is 29.0. The first-order chi connectivity index (χ1) is 17.0. The Morgan fingerprint density at radius 1 is 1.28 bits per heavy atom. The number of aryl methyl sites for hydroxylation is 1. The molecule has 3 aliphatic heterocycles. The van der Waals surface area contributed by atoms with Crippen molar-refractivity contribution in [2.75, 3.05) is 19.3 Å². The second kappa shape index (κ2) is 9.02. The average molecular weight is 532 g/mol. The molecule has 3 unspecified atom stereocenters. The molecule has 3 aliphatic rings. The van der Waals surface area contributed by atoms with Crippen LogP contribution in [0.2, 0.25) is 0 Å². The van der Waals surface area contributed by atoms with Crippen LogP contribution in [-0.2, 0) is 25.2 Å². The number of carbonyl (C=O) groups is 2. The molecule has 0 aliphatic carbocycles. The summed E-state index contributed by atoms with van der Waals surface area (Å²) in [4.78, 5) is 37.7. The Morgan fingerprint density at radius 2 is 2.00 bits per heavy atom. The van der Waals surface area contributed by atoms with Crippen LogP contribution in [0.5, 0.6) is 0 Å². The van der Waals surface area contributed by atoms with Crippen molar-refractivity contribution in [2.24, 2.45) is 4.99 Å². The SMILES string of the molecule is Cc1ncsc1-c1ccc(C2(C)NC(C3CC(O)CN3C(=O)[C@@H]3CCCN3S(C)(=O)=O)=NC2=O)cc1. The lowest BCUT2D eigenvalue weighted by molar-refractivity contribution is -0.134. The molecule has 2 amide bonds. The third-order valence-electron chi connectivity index (χ3n) is 7.29. The first-order valence-electron chi connectivity index (χ1n) is 11.9. The number of hydrogen-bond donors (Lipinski definition) is 2. The molecule has 0 radical (unpaired) electrons. The van der Waals surface area contributed by atoms with E-state index >= 15 is 0 Å². The van der Waals surface area contributed by atoms with Crippen molar-refractivity contribution in [3.8, 4) is 10.4 Å². The number of carbonyl (C=O) groups excluding carboxylic acids is 2. The molecule has 2 fully saturated rings. The number of hydrogen-bond acceptors (Lipinski definition) is 8. The summed E-state index contributed by atoms with van der Waals surface area (Å²) in [5, 5.41) is 13.6. The van der Waals surface area contributed by atoms with Crippen molar-refractivity contribution in [1.29, 1.82) is 0 Å². The number of rotatable bonds is 5. The molecule has 12 heteroatoms. The van der Waals surface area contributed by atoms with E-state index < -0.39 is 33.7 Å². The van der Waals surface area contributed by atoms with Crippen LogP contribution < -0.4 is 5.32 Å². The fourth-order valence-electron chi connectivity index (χ4n) is 5.34. The quantitative estimate of drug-likeness (QED) is 0.593. The van der Waals surface area contributed by atoms with Gasteiger partial charge in [0.15, 0.2) is 0 Å². The summed E-state index contributed by atoms with van der Waals surface area (Å²) >= 11 is 1.55. The molecule has 4 atom stereocenters. The molecule has 10 nitrogen and oxygen atoms in total. The Balaban J connectivity index is 1.37. The lowest BCUT2D eigenvalue weighted by Gasteiger charge is -2.31. The monoisotopic (exact) mass is 531 g/mol. The minimum atomic E-state index is -3.54. The second-order valence-corrected chi connectivity index (χ2v) is 12.6. The maximum absolute atomic E-state index is 13.4. The number of sulfonamides is 1. The van der Waals surface area contributed by atoms with Crippen molar-refractivity contribution in [3.63, 3.8) is 0 Å². The zero-order valence-corrected chi connectivity index (χ0v) is 22.0. The van der Waals surface area contributed by atoms with Gasteiger partial charge in [-0.3, -0.25) is 9.59 Å². The van der Waals surface area contributed by atoms with E-state index in [0.29, 0.717) is 25.2 Å². The predicted octanol–water partition coefficient (Wildman–Crippen LogP) is 1.25. The summed E-state index contributed by atoms with van der Waals surface area (Å²) in [7, 11) is -3.54. The van der Waals surface area contributed by atoms with Crippen LogP contribution in [0.25, 0.3) is 10.4 Å². The van der Waals surface area contributed by atoms with E-state index in [2.05, 4.69) is 15.3 Å². The number of amides is 2. The first-order valence-corrected chi connectivity index (χ1v) is 14.6.